The van der Waals surface area contributed by atoms with E-state index in [0.717, 1.165) is 54.4 Å². The van der Waals surface area contributed by atoms with Gasteiger partial charge in [-0.15, -0.1) is 11.3 Å². The Kier molecular flexibility index (Phi) is 3.04. The summed E-state index contributed by atoms with van der Waals surface area (Å²) < 4.78 is 0. The molecule has 2 aliphatic rings. The molecule has 5 heteroatoms. The summed E-state index contributed by atoms with van der Waals surface area (Å²) in [6.07, 6.45) is 3.27. The van der Waals surface area contributed by atoms with E-state index in [1.807, 2.05) is 16.7 Å². The van der Waals surface area contributed by atoms with Crippen molar-refractivity contribution >= 4 is 34.0 Å². The van der Waals surface area contributed by atoms with Gasteiger partial charge in [-0.1, -0.05) is 0 Å². The minimum Gasteiger partial charge on any atom is -0.390 e. The summed E-state index contributed by atoms with van der Waals surface area (Å²) in [5.74, 6) is 2.31. The fourth-order valence-corrected chi connectivity index (χ4v) is 4.81. The van der Waals surface area contributed by atoms with Gasteiger partial charge in [0, 0.05) is 23.7 Å². The molecule has 0 aromatic carbocycles. The second-order valence-corrected chi connectivity index (χ2v) is 6.79. The molecule has 3 heterocycles. The minimum atomic E-state index is 0.171. The zero-order valence-corrected chi connectivity index (χ0v) is 11.3. The number of hydrogen-bond donors (Lipinski definition) is 1. The lowest BCUT2D eigenvalue weighted by atomic mass is 10.1. The van der Waals surface area contributed by atoms with E-state index in [0.29, 0.717) is 0 Å². The standard InChI is InChI=1S/C12H16N2OS2/c13-11-10(12(15)14-4-1-2-5-14)8-3-6-16-7-9(8)17-11/h1-7,13H2. The van der Waals surface area contributed by atoms with E-state index in [2.05, 4.69) is 0 Å². The summed E-state index contributed by atoms with van der Waals surface area (Å²) >= 11 is 3.55. The maximum Gasteiger partial charge on any atom is 0.257 e. The number of hydrogen-bond acceptors (Lipinski definition) is 4. The third-order valence-electron chi connectivity index (χ3n) is 3.45. The van der Waals surface area contributed by atoms with Gasteiger partial charge in [-0.05, 0) is 30.6 Å². The molecule has 3 rings (SSSR count). The molecule has 3 nitrogen and oxygen atoms in total. The van der Waals surface area contributed by atoms with Crippen LogP contribution >= 0.6 is 23.1 Å². The Morgan fingerprint density at radius 3 is 2.82 bits per heavy atom. The number of nitrogens with zero attached hydrogens (tertiary/aromatic N) is 1. The third kappa shape index (κ3) is 1.95. The van der Waals surface area contributed by atoms with Crippen LogP contribution in [0, 0.1) is 0 Å². The molecule has 1 amide bonds. The van der Waals surface area contributed by atoms with Crippen molar-refractivity contribution in [3.8, 4) is 0 Å². The smallest absolute Gasteiger partial charge is 0.257 e. The molecule has 92 valence electrons. The molecule has 2 N–H and O–H groups in total. The van der Waals surface area contributed by atoms with Crippen molar-refractivity contribution in [3.63, 3.8) is 0 Å². The lowest BCUT2D eigenvalue weighted by molar-refractivity contribution is 0.0793. The summed E-state index contributed by atoms with van der Waals surface area (Å²) in [4.78, 5) is 15.7. The van der Waals surface area contributed by atoms with Crippen LogP contribution in [0.3, 0.4) is 0 Å². The molecule has 1 saturated heterocycles. The fourth-order valence-electron chi connectivity index (χ4n) is 2.57. The van der Waals surface area contributed by atoms with Gasteiger partial charge in [-0.25, -0.2) is 0 Å². The molecule has 0 saturated carbocycles. The van der Waals surface area contributed by atoms with Crippen molar-refractivity contribution in [2.75, 3.05) is 24.6 Å². The van der Waals surface area contributed by atoms with Crippen LogP contribution in [0.5, 0.6) is 0 Å². The van der Waals surface area contributed by atoms with Gasteiger partial charge < -0.3 is 10.6 Å². The normalized spacial score (nSPS) is 19.4. The van der Waals surface area contributed by atoms with Crippen LogP contribution in [0.1, 0.15) is 33.6 Å². The predicted octanol–water partition coefficient (Wildman–Crippen LogP) is 2.36. The lowest BCUT2D eigenvalue weighted by Gasteiger charge is -2.18. The molecule has 0 radical (unpaired) electrons. The predicted molar refractivity (Wildman–Crippen MR) is 73.7 cm³/mol. The van der Waals surface area contributed by atoms with Crippen molar-refractivity contribution in [2.45, 2.75) is 25.0 Å². The van der Waals surface area contributed by atoms with E-state index in [9.17, 15) is 4.79 Å². The second kappa shape index (κ2) is 4.53. The first kappa shape index (κ1) is 11.4. The molecule has 1 aromatic heterocycles. The molecule has 0 atom stereocenters. The van der Waals surface area contributed by atoms with E-state index in [1.165, 1.54) is 10.4 Å². The van der Waals surface area contributed by atoms with Crippen LogP contribution in [0.25, 0.3) is 0 Å². The number of carbonyl (C=O) groups is 1. The number of likely N-dealkylation sites (tertiary alicyclic amines) is 1. The van der Waals surface area contributed by atoms with Crippen molar-refractivity contribution in [2.24, 2.45) is 0 Å². The number of thiophene rings is 1. The van der Waals surface area contributed by atoms with E-state index in [4.69, 9.17) is 5.73 Å². The summed E-state index contributed by atoms with van der Waals surface area (Å²) in [6.45, 7) is 1.80. The van der Waals surface area contributed by atoms with Crippen LogP contribution in [0.2, 0.25) is 0 Å². The highest BCUT2D eigenvalue weighted by Crippen LogP contribution is 2.38. The quantitative estimate of drug-likeness (QED) is 0.850. The number of nitrogens with two attached hydrogens (primary N) is 1. The topological polar surface area (TPSA) is 46.3 Å². The summed E-state index contributed by atoms with van der Waals surface area (Å²) in [5, 5.41) is 0.731. The Morgan fingerprint density at radius 2 is 2.06 bits per heavy atom. The average Bonchev–Trinajstić information content (AvgIpc) is 2.94. The van der Waals surface area contributed by atoms with Crippen LogP contribution in [-0.2, 0) is 12.2 Å². The van der Waals surface area contributed by atoms with Crippen LogP contribution < -0.4 is 5.73 Å². The summed E-state index contributed by atoms with van der Waals surface area (Å²) in [6, 6.07) is 0. The number of amides is 1. The van der Waals surface area contributed by atoms with Crippen LogP contribution in [-0.4, -0.2) is 29.6 Å². The van der Waals surface area contributed by atoms with Gasteiger partial charge in [-0.3, -0.25) is 4.79 Å². The van der Waals surface area contributed by atoms with Crippen molar-refractivity contribution in [1.29, 1.82) is 0 Å². The van der Waals surface area contributed by atoms with E-state index < -0.39 is 0 Å². The van der Waals surface area contributed by atoms with Crippen LogP contribution in [0.4, 0.5) is 5.00 Å². The van der Waals surface area contributed by atoms with Gasteiger partial charge >= 0.3 is 0 Å². The molecular formula is C12H16N2OS2. The molecule has 0 bridgehead atoms. The monoisotopic (exact) mass is 268 g/mol. The Hall–Kier alpha value is -0.680. The zero-order chi connectivity index (χ0) is 11.8. The Labute approximate surface area is 109 Å². The van der Waals surface area contributed by atoms with Crippen molar-refractivity contribution < 1.29 is 4.79 Å². The summed E-state index contributed by atoms with van der Waals surface area (Å²) in [5.41, 5.74) is 8.12. The van der Waals surface area contributed by atoms with Crippen LogP contribution in [0.15, 0.2) is 0 Å². The van der Waals surface area contributed by atoms with Gasteiger partial charge in [0.2, 0.25) is 0 Å². The Balaban J connectivity index is 1.96. The molecule has 2 aliphatic heterocycles. The highest BCUT2D eigenvalue weighted by molar-refractivity contribution is 7.98. The number of anilines is 1. The third-order valence-corrected chi connectivity index (χ3v) is 5.68. The van der Waals surface area contributed by atoms with E-state index >= 15 is 0 Å². The highest BCUT2D eigenvalue weighted by Gasteiger charge is 2.28. The van der Waals surface area contributed by atoms with Gasteiger partial charge in [0.1, 0.15) is 0 Å². The van der Waals surface area contributed by atoms with Crippen molar-refractivity contribution in [1.82, 2.24) is 4.90 Å². The molecule has 0 unspecified atom stereocenters. The zero-order valence-electron chi connectivity index (χ0n) is 9.70. The first-order chi connectivity index (χ1) is 8.27. The molecule has 1 aromatic rings. The van der Waals surface area contributed by atoms with E-state index in [1.54, 1.807) is 11.3 Å². The number of carbonyl (C=O) groups excluding carboxylic acids is 1. The molecule has 1 fully saturated rings. The highest BCUT2D eigenvalue weighted by atomic mass is 32.2. The lowest BCUT2D eigenvalue weighted by Crippen LogP contribution is -2.29. The van der Waals surface area contributed by atoms with Gasteiger partial charge in [0.15, 0.2) is 0 Å². The fraction of sp³-hybridized carbons (Fsp3) is 0.583. The minimum absolute atomic E-state index is 0.171. The average molecular weight is 268 g/mol. The largest absolute Gasteiger partial charge is 0.390 e. The van der Waals surface area contributed by atoms with Crippen molar-refractivity contribution in [3.05, 3.63) is 16.0 Å². The van der Waals surface area contributed by atoms with Gasteiger partial charge in [0.05, 0.1) is 10.6 Å². The number of thioether (sulfide) groups is 1. The van der Waals surface area contributed by atoms with Gasteiger partial charge in [-0.2, -0.15) is 11.8 Å². The van der Waals surface area contributed by atoms with E-state index in [-0.39, 0.29) is 5.91 Å². The van der Waals surface area contributed by atoms with Gasteiger partial charge in [0.25, 0.3) is 5.91 Å². The Bertz CT molecular complexity index is 450. The first-order valence-electron chi connectivity index (χ1n) is 6.04. The SMILES string of the molecule is Nc1sc2c(c1C(=O)N1CCCC1)CCSC2. The molecular weight excluding hydrogens is 252 g/mol. The molecule has 0 spiro atoms. The first-order valence-corrected chi connectivity index (χ1v) is 8.01. The maximum atomic E-state index is 12.4. The number of rotatable bonds is 1. The number of fused-ring (bicyclic) bond motifs is 1. The summed E-state index contributed by atoms with van der Waals surface area (Å²) in [7, 11) is 0. The molecule has 0 aliphatic carbocycles. The maximum absolute atomic E-state index is 12.4. The second-order valence-electron chi connectivity index (χ2n) is 4.54. The Morgan fingerprint density at radius 1 is 1.29 bits per heavy atom. The molecule has 17 heavy (non-hydrogen) atoms. The number of nitrogen functional groups attached to an aromatic ring is 1.